The Bertz CT molecular complexity index is 589. The van der Waals surface area contributed by atoms with Crippen LogP contribution in [0.15, 0.2) is 30.5 Å². The van der Waals surface area contributed by atoms with Gasteiger partial charge >= 0.3 is 5.97 Å². The topological polar surface area (TPSA) is 75.1 Å². The van der Waals surface area contributed by atoms with Crippen LogP contribution in [0.25, 0.3) is 10.9 Å². The fraction of sp³-hybridized carbons (Fsp3) is 0.357. The van der Waals surface area contributed by atoms with Crippen molar-refractivity contribution in [1.29, 1.82) is 0 Å². The van der Waals surface area contributed by atoms with Gasteiger partial charge in [0.2, 0.25) is 0 Å². The minimum Gasteiger partial charge on any atom is -0.480 e. The molecular weight excluding hydrogens is 242 g/mol. The Morgan fingerprint density at radius 3 is 2.63 bits per heavy atom. The Balaban J connectivity index is 2.48. The Morgan fingerprint density at radius 2 is 2.00 bits per heavy atom. The maximum Gasteiger partial charge on any atom is 0.329 e. The second-order valence-electron chi connectivity index (χ2n) is 4.49. The molecule has 0 unspecified atom stereocenters. The molecule has 0 atom stereocenters. The Kier molecular flexibility index (Phi) is 3.64. The van der Waals surface area contributed by atoms with Gasteiger partial charge in [0.25, 0.3) is 0 Å². The Morgan fingerprint density at radius 1 is 1.32 bits per heavy atom. The van der Waals surface area contributed by atoms with Gasteiger partial charge in [0.15, 0.2) is 0 Å². The zero-order valence-corrected chi connectivity index (χ0v) is 11.1. The van der Waals surface area contributed by atoms with Crippen LogP contribution < -0.4 is 5.32 Å². The van der Waals surface area contributed by atoms with Gasteiger partial charge in [-0.1, -0.05) is 32.0 Å². The van der Waals surface area contributed by atoms with Crippen molar-refractivity contribution in [3.63, 3.8) is 0 Å². The van der Waals surface area contributed by atoms with Crippen molar-refractivity contribution in [2.75, 3.05) is 5.32 Å². The first-order valence-electron chi connectivity index (χ1n) is 6.35. The van der Waals surface area contributed by atoms with Gasteiger partial charge in [0.05, 0.1) is 17.4 Å². The Labute approximate surface area is 111 Å². The number of anilines is 1. The first-order valence-corrected chi connectivity index (χ1v) is 6.35. The SMILES string of the molecule is CCC(CC)(Nc1cnnc2ccccc12)C(=O)O. The monoisotopic (exact) mass is 259 g/mol. The highest BCUT2D eigenvalue weighted by atomic mass is 16.4. The van der Waals surface area contributed by atoms with Gasteiger partial charge < -0.3 is 10.4 Å². The van der Waals surface area contributed by atoms with Crippen molar-refractivity contribution in [3.05, 3.63) is 30.5 Å². The van der Waals surface area contributed by atoms with Crippen LogP contribution in [0, 0.1) is 0 Å². The summed E-state index contributed by atoms with van der Waals surface area (Å²) in [6.07, 6.45) is 2.57. The van der Waals surface area contributed by atoms with Gasteiger partial charge in [-0.2, -0.15) is 10.2 Å². The first-order chi connectivity index (χ1) is 9.13. The van der Waals surface area contributed by atoms with Crippen LogP contribution in [0.5, 0.6) is 0 Å². The number of carboxylic acids is 1. The quantitative estimate of drug-likeness (QED) is 0.863. The number of hydrogen-bond donors (Lipinski definition) is 2. The second-order valence-corrected chi connectivity index (χ2v) is 4.49. The number of carbonyl (C=O) groups is 1. The average molecular weight is 259 g/mol. The lowest BCUT2D eigenvalue weighted by molar-refractivity contribution is -0.142. The van der Waals surface area contributed by atoms with Crippen LogP contribution in [-0.2, 0) is 4.79 Å². The molecule has 1 heterocycles. The van der Waals surface area contributed by atoms with E-state index in [2.05, 4.69) is 15.5 Å². The molecule has 0 bridgehead atoms. The molecule has 0 radical (unpaired) electrons. The zero-order valence-electron chi connectivity index (χ0n) is 11.1. The summed E-state index contributed by atoms with van der Waals surface area (Å²) in [7, 11) is 0. The summed E-state index contributed by atoms with van der Waals surface area (Å²) in [5, 5.41) is 21.4. The second kappa shape index (κ2) is 5.22. The van der Waals surface area contributed by atoms with E-state index < -0.39 is 11.5 Å². The summed E-state index contributed by atoms with van der Waals surface area (Å²) in [6, 6.07) is 7.54. The highest BCUT2D eigenvalue weighted by molar-refractivity contribution is 5.93. The number of nitrogens with one attached hydrogen (secondary N) is 1. The van der Waals surface area contributed by atoms with E-state index in [-0.39, 0.29) is 0 Å². The molecule has 19 heavy (non-hydrogen) atoms. The van der Waals surface area contributed by atoms with E-state index in [1.165, 1.54) is 0 Å². The van der Waals surface area contributed by atoms with Crippen LogP contribution in [-0.4, -0.2) is 26.8 Å². The van der Waals surface area contributed by atoms with E-state index in [0.717, 1.165) is 10.9 Å². The van der Waals surface area contributed by atoms with Crippen molar-refractivity contribution >= 4 is 22.6 Å². The third-order valence-electron chi connectivity index (χ3n) is 3.54. The molecule has 2 rings (SSSR count). The summed E-state index contributed by atoms with van der Waals surface area (Å²) in [6.45, 7) is 3.73. The van der Waals surface area contributed by atoms with Crippen molar-refractivity contribution in [3.8, 4) is 0 Å². The molecular formula is C14H17N3O2. The minimum absolute atomic E-state index is 0.496. The zero-order chi connectivity index (χ0) is 13.9. The smallest absolute Gasteiger partial charge is 0.329 e. The summed E-state index contributed by atoms with van der Waals surface area (Å²) in [4.78, 5) is 11.5. The van der Waals surface area contributed by atoms with Gasteiger partial charge in [-0.05, 0) is 18.9 Å². The number of benzene rings is 1. The summed E-state index contributed by atoms with van der Waals surface area (Å²) < 4.78 is 0. The Hall–Kier alpha value is -2.17. The van der Waals surface area contributed by atoms with Gasteiger partial charge in [0.1, 0.15) is 5.54 Å². The fourth-order valence-electron chi connectivity index (χ4n) is 2.15. The third-order valence-corrected chi connectivity index (χ3v) is 3.54. The van der Waals surface area contributed by atoms with E-state index in [4.69, 9.17) is 0 Å². The number of hydrogen-bond acceptors (Lipinski definition) is 4. The van der Waals surface area contributed by atoms with Crippen LogP contribution in [0.2, 0.25) is 0 Å². The normalized spacial score (nSPS) is 11.5. The average Bonchev–Trinajstić information content (AvgIpc) is 2.44. The number of aliphatic carboxylic acids is 1. The lowest BCUT2D eigenvalue weighted by atomic mass is 9.92. The van der Waals surface area contributed by atoms with Crippen LogP contribution in [0.1, 0.15) is 26.7 Å². The van der Waals surface area contributed by atoms with Gasteiger partial charge in [-0.3, -0.25) is 0 Å². The molecule has 0 aliphatic rings. The molecule has 2 N–H and O–H groups in total. The van der Waals surface area contributed by atoms with Crippen LogP contribution in [0.3, 0.4) is 0 Å². The van der Waals surface area contributed by atoms with Crippen molar-refractivity contribution in [2.45, 2.75) is 32.2 Å². The van der Waals surface area contributed by atoms with Crippen molar-refractivity contribution in [1.82, 2.24) is 10.2 Å². The molecule has 100 valence electrons. The number of rotatable bonds is 5. The molecule has 1 aromatic heterocycles. The van der Waals surface area contributed by atoms with E-state index in [9.17, 15) is 9.90 Å². The fourth-order valence-corrected chi connectivity index (χ4v) is 2.15. The predicted octanol–water partition coefficient (Wildman–Crippen LogP) is 2.69. The highest BCUT2D eigenvalue weighted by Gasteiger charge is 2.35. The standard InChI is InChI=1S/C14H17N3O2/c1-3-14(4-2,13(18)19)16-12-9-15-17-11-8-6-5-7-10(11)12/h5-9H,3-4H2,1-2H3,(H,16,17)(H,18,19). The lowest BCUT2D eigenvalue weighted by Crippen LogP contribution is -2.45. The molecule has 0 saturated carbocycles. The van der Waals surface area contributed by atoms with E-state index in [1.54, 1.807) is 6.20 Å². The van der Waals surface area contributed by atoms with E-state index in [0.29, 0.717) is 18.5 Å². The number of carboxylic acid groups (broad SMARTS) is 1. The van der Waals surface area contributed by atoms with E-state index >= 15 is 0 Å². The highest BCUT2D eigenvalue weighted by Crippen LogP contribution is 2.27. The van der Waals surface area contributed by atoms with E-state index in [1.807, 2.05) is 38.1 Å². The number of nitrogens with zero attached hydrogens (tertiary/aromatic N) is 2. The molecule has 2 aromatic rings. The third kappa shape index (κ3) is 2.36. The maximum absolute atomic E-state index is 11.5. The summed E-state index contributed by atoms with van der Waals surface area (Å²) in [5.41, 5.74) is 0.488. The largest absolute Gasteiger partial charge is 0.480 e. The van der Waals surface area contributed by atoms with Crippen LogP contribution in [0.4, 0.5) is 5.69 Å². The van der Waals surface area contributed by atoms with Crippen molar-refractivity contribution < 1.29 is 9.90 Å². The lowest BCUT2D eigenvalue weighted by Gasteiger charge is -2.29. The maximum atomic E-state index is 11.5. The van der Waals surface area contributed by atoms with Gasteiger partial charge in [0, 0.05) is 5.39 Å². The molecule has 0 aliphatic heterocycles. The van der Waals surface area contributed by atoms with Crippen LogP contribution >= 0.6 is 0 Å². The molecule has 0 aliphatic carbocycles. The number of fused-ring (bicyclic) bond motifs is 1. The molecule has 1 aromatic carbocycles. The molecule has 5 nitrogen and oxygen atoms in total. The number of aromatic nitrogens is 2. The molecule has 5 heteroatoms. The first kappa shape index (κ1) is 13.3. The molecule has 0 saturated heterocycles. The summed E-state index contributed by atoms with van der Waals surface area (Å²) in [5.74, 6) is -0.849. The van der Waals surface area contributed by atoms with Crippen molar-refractivity contribution in [2.24, 2.45) is 0 Å². The van der Waals surface area contributed by atoms with Gasteiger partial charge in [-0.25, -0.2) is 4.79 Å². The summed E-state index contributed by atoms with van der Waals surface area (Å²) >= 11 is 0. The molecule has 0 fully saturated rings. The van der Waals surface area contributed by atoms with Gasteiger partial charge in [-0.15, -0.1) is 0 Å². The minimum atomic E-state index is -0.966. The molecule has 0 spiro atoms. The predicted molar refractivity (Wildman–Crippen MR) is 74.1 cm³/mol. The molecule has 0 amide bonds.